The second-order valence-corrected chi connectivity index (χ2v) is 9.14. The molecule has 2 aromatic rings. The monoisotopic (exact) mass is 437 g/mol. The zero-order valence-corrected chi connectivity index (χ0v) is 18.7. The molecule has 1 heterocycles. The summed E-state index contributed by atoms with van der Waals surface area (Å²) in [5.74, 6) is -1.28. The maximum Gasteiger partial charge on any atom is 0.248 e. The third-order valence-corrected chi connectivity index (χ3v) is 6.64. The molecule has 5 nitrogen and oxygen atoms in total. The van der Waals surface area contributed by atoms with E-state index < -0.39 is 11.3 Å². The number of Topliss-reactive ketones (excluding diaryl/α,β-unsaturated/α-hetero) is 2. The summed E-state index contributed by atoms with van der Waals surface area (Å²) in [4.78, 5) is 40.1. The summed E-state index contributed by atoms with van der Waals surface area (Å²) < 4.78 is 18.4. The Kier molecular flexibility index (Phi) is 5.99. The van der Waals surface area contributed by atoms with Crippen LogP contribution >= 0.6 is 0 Å². The van der Waals surface area contributed by atoms with Gasteiger partial charge in [0.05, 0.1) is 0 Å². The van der Waals surface area contributed by atoms with Crippen LogP contribution in [0.15, 0.2) is 36.4 Å². The first-order valence-electron chi connectivity index (χ1n) is 11.0. The molecule has 0 aromatic heterocycles. The first-order chi connectivity index (χ1) is 15.2. The van der Waals surface area contributed by atoms with Gasteiger partial charge in [0, 0.05) is 38.0 Å². The predicted molar refractivity (Wildman–Crippen MR) is 119 cm³/mol. The summed E-state index contributed by atoms with van der Waals surface area (Å²) >= 11 is 0. The van der Waals surface area contributed by atoms with Crippen molar-refractivity contribution in [3.63, 3.8) is 0 Å². The van der Waals surface area contributed by atoms with Crippen molar-refractivity contribution in [3.8, 4) is 11.1 Å². The van der Waals surface area contributed by atoms with Gasteiger partial charge < -0.3 is 9.64 Å². The van der Waals surface area contributed by atoms with Gasteiger partial charge in [-0.1, -0.05) is 24.3 Å². The van der Waals surface area contributed by atoms with E-state index in [1.54, 1.807) is 17.0 Å². The number of hydrogen-bond acceptors (Lipinski definition) is 4. The van der Waals surface area contributed by atoms with E-state index in [1.807, 2.05) is 32.9 Å². The molecule has 0 radical (unpaired) electrons. The van der Waals surface area contributed by atoms with Crippen LogP contribution in [-0.4, -0.2) is 48.7 Å². The molecule has 1 spiro atoms. The molecule has 2 fully saturated rings. The van der Waals surface area contributed by atoms with E-state index in [0.29, 0.717) is 32.5 Å². The summed E-state index contributed by atoms with van der Waals surface area (Å²) in [7, 11) is 0. The van der Waals surface area contributed by atoms with E-state index in [2.05, 4.69) is 0 Å². The topological polar surface area (TPSA) is 63.7 Å². The van der Waals surface area contributed by atoms with Crippen molar-refractivity contribution in [2.24, 2.45) is 5.41 Å². The van der Waals surface area contributed by atoms with Gasteiger partial charge in [0.15, 0.2) is 0 Å². The molecule has 1 saturated carbocycles. The lowest BCUT2D eigenvalue weighted by atomic mass is 9.63. The molecule has 0 N–H and O–H groups in total. The Morgan fingerprint density at radius 3 is 2.12 bits per heavy atom. The highest BCUT2D eigenvalue weighted by Crippen LogP contribution is 2.46. The van der Waals surface area contributed by atoms with Crippen LogP contribution in [0.1, 0.15) is 42.4 Å². The lowest BCUT2D eigenvalue weighted by molar-refractivity contribution is -0.157. The highest BCUT2D eigenvalue weighted by atomic mass is 19.1. The zero-order chi connectivity index (χ0) is 23.0. The molecule has 1 amide bonds. The van der Waals surface area contributed by atoms with Crippen LogP contribution in [0.3, 0.4) is 0 Å². The van der Waals surface area contributed by atoms with Gasteiger partial charge >= 0.3 is 0 Å². The number of ketones is 2. The second kappa shape index (κ2) is 8.58. The molecule has 0 unspecified atom stereocenters. The number of halogens is 1. The van der Waals surface area contributed by atoms with E-state index in [9.17, 15) is 18.8 Å². The number of benzene rings is 2. The van der Waals surface area contributed by atoms with Gasteiger partial charge in [0.25, 0.3) is 0 Å². The minimum atomic E-state index is -0.754. The molecule has 1 saturated heterocycles. The fourth-order valence-corrected chi connectivity index (χ4v) is 5.19. The molecule has 0 bridgehead atoms. The molecular formula is C26H28FNO4. The Hall–Kier alpha value is -2.86. The first-order valence-corrected chi connectivity index (χ1v) is 11.0. The van der Waals surface area contributed by atoms with Crippen molar-refractivity contribution in [3.05, 3.63) is 58.9 Å². The SMILES string of the molecule is CCOCC(=O)N1CC2(CC(=O)C(c3c(C)cc(-c4ccc(F)cc4)cc3C)C(=O)C2)C1. The molecule has 0 atom stereocenters. The Bertz CT molecular complexity index is 1030. The Labute approximate surface area is 187 Å². The number of nitrogens with zero attached hydrogens (tertiary/aromatic N) is 1. The van der Waals surface area contributed by atoms with Gasteiger partial charge in [-0.05, 0) is 60.7 Å². The van der Waals surface area contributed by atoms with Crippen molar-refractivity contribution < 1.29 is 23.5 Å². The van der Waals surface area contributed by atoms with Crippen LogP contribution in [0.4, 0.5) is 4.39 Å². The Morgan fingerprint density at radius 2 is 1.59 bits per heavy atom. The first kappa shape index (κ1) is 22.3. The minimum absolute atomic E-state index is 0.0376. The summed E-state index contributed by atoms with van der Waals surface area (Å²) in [6, 6.07) is 10.2. The largest absolute Gasteiger partial charge is 0.372 e. The maximum atomic E-state index is 13.3. The molecule has 1 aliphatic carbocycles. The number of hydrogen-bond donors (Lipinski definition) is 0. The zero-order valence-electron chi connectivity index (χ0n) is 18.7. The molecule has 32 heavy (non-hydrogen) atoms. The van der Waals surface area contributed by atoms with Crippen molar-refractivity contribution in [1.82, 2.24) is 4.90 Å². The number of carbonyl (C=O) groups is 3. The van der Waals surface area contributed by atoms with Crippen molar-refractivity contribution in [2.75, 3.05) is 26.3 Å². The van der Waals surface area contributed by atoms with Crippen molar-refractivity contribution in [2.45, 2.75) is 39.5 Å². The maximum absolute atomic E-state index is 13.3. The van der Waals surface area contributed by atoms with Gasteiger partial charge in [-0.3, -0.25) is 14.4 Å². The lowest BCUT2D eigenvalue weighted by Crippen LogP contribution is -2.62. The van der Waals surface area contributed by atoms with Gasteiger partial charge in [-0.2, -0.15) is 0 Å². The standard InChI is InChI=1S/C26H28FNO4/c1-4-32-13-23(31)28-14-26(15-28)11-21(29)25(22(30)12-26)24-16(2)9-19(10-17(24)3)18-5-7-20(27)8-6-18/h5-10,25H,4,11-15H2,1-3H3. The third kappa shape index (κ3) is 4.11. The smallest absolute Gasteiger partial charge is 0.248 e. The summed E-state index contributed by atoms with van der Waals surface area (Å²) in [5.41, 5.74) is 3.93. The molecule has 6 heteroatoms. The minimum Gasteiger partial charge on any atom is -0.372 e. The van der Waals surface area contributed by atoms with Crippen LogP contribution in [0.25, 0.3) is 11.1 Å². The summed E-state index contributed by atoms with van der Waals surface area (Å²) in [6.45, 7) is 7.04. The average Bonchev–Trinajstić information content (AvgIpc) is 2.71. The van der Waals surface area contributed by atoms with E-state index in [-0.39, 0.29) is 29.9 Å². The number of carbonyl (C=O) groups excluding carboxylic acids is 3. The third-order valence-electron chi connectivity index (χ3n) is 6.64. The fourth-order valence-electron chi connectivity index (χ4n) is 5.19. The quantitative estimate of drug-likeness (QED) is 0.664. The number of rotatable bonds is 5. The van der Waals surface area contributed by atoms with Crippen LogP contribution in [0.5, 0.6) is 0 Å². The summed E-state index contributed by atoms with van der Waals surface area (Å²) in [6.07, 6.45) is 0.612. The Balaban J connectivity index is 1.52. The average molecular weight is 438 g/mol. The fraction of sp³-hybridized carbons (Fsp3) is 0.423. The van der Waals surface area contributed by atoms with Gasteiger partial charge in [-0.15, -0.1) is 0 Å². The molecule has 1 aliphatic heterocycles. The van der Waals surface area contributed by atoms with Gasteiger partial charge in [0.1, 0.15) is 29.9 Å². The van der Waals surface area contributed by atoms with Crippen LogP contribution in [-0.2, 0) is 19.1 Å². The second-order valence-electron chi connectivity index (χ2n) is 9.14. The predicted octanol–water partition coefficient (Wildman–Crippen LogP) is 3.99. The van der Waals surface area contributed by atoms with Gasteiger partial charge in [0.2, 0.25) is 5.91 Å². The van der Waals surface area contributed by atoms with Crippen molar-refractivity contribution >= 4 is 17.5 Å². The van der Waals surface area contributed by atoms with Crippen LogP contribution < -0.4 is 0 Å². The highest BCUT2D eigenvalue weighted by molar-refractivity contribution is 6.11. The molecule has 2 aromatic carbocycles. The molecule has 4 rings (SSSR count). The lowest BCUT2D eigenvalue weighted by Gasteiger charge is -2.52. The van der Waals surface area contributed by atoms with E-state index in [0.717, 1.165) is 27.8 Å². The molecular weight excluding hydrogens is 409 g/mol. The Morgan fingerprint density at radius 1 is 1.03 bits per heavy atom. The normalized spacial score (nSPS) is 18.2. The number of aryl methyl sites for hydroxylation is 2. The van der Waals surface area contributed by atoms with E-state index >= 15 is 0 Å². The van der Waals surface area contributed by atoms with Crippen LogP contribution in [0.2, 0.25) is 0 Å². The van der Waals surface area contributed by atoms with Crippen LogP contribution in [0, 0.1) is 25.1 Å². The summed E-state index contributed by atoms with van der Waals surface area (Å²) in [5, 5.41) is 0. The van der Waals surface area contributed by atoms with Gasteiger partial charge in [-0.25, -0.2) is 4.39 Å². The molecule has 168 valence electrons. The molecule has 2 aliphatic rings. The van der Waals surface area contributed by atoms with Crippen molar-refractivity contribution in [1.29, 1.82) is 0 Å². The highest BCUT2D eigenvalue weighted by Gasteiger charge is 2.53. The van der Waals surface area contributed by atoms with E-state index in [1.165, 1.54) is 12.1 Å². The number of amides is 1. The van der Waals surface area contributed by atoms with E-state index in [4.69, 9.17) is 4.74 Å². The number of ether oxygens (including phenoxy) is 1. The number of likely N-dealkylation sites (tertiary alicyclic amines) is 1.